The number of aliphatic hydroxyl groups excluding tert-OH is 2. The van der Waals surface area contributed by atoms with Gasteiger partial charge in [-0.2, -0.15) is 9.29 Å². The number of phosphoric acid groups is 2. The van der Waals surface area contributed by atoms with Crippen LogP contribution in [0.3, 0.4) is 0 Å². The van der Waals surface area contributed by atoms with Crippen LogP contribution in [-0.2, 0) is 46.3 Å². The number of nitrogens with two attached hydrogens (primary N) is 1. The van der Waals surface area contributed by atoms with Gasteiger partial charge in [0.1, 0.15) is 30.7 Å². The summed E-state index contributed by atoms with van der Waals surface area (Å²) in [6, 6.07) is 1.24. The number of carbonyl (C=O) groups is 2. The van der Waals surface area contributed by atoms with Gasteiger partial charge >= 0.3 is 33.3 Å². The highest BCUT2D eigenvalue weighted by atomic mass is 31.3. The summed E-state index contributed by atoms with van der Waals surface area (Å²) in [5.74, 6) is -1.42. The summed E-state index contributed by atoms with van der Waals surface area (Å²) in [7, 11) is -10.9. The van der Waals surface area contributed by atoms with Crippen LogP contribution in [0.15, 0.2) is 102 Å². The third-order valence-corrected chi connectivity index (χ3v) is 13.6. The molecule has 2 rings (SSSR count). The van der Waals surface area contributed by atoms with E-state index >= 15 is 0 Å². The lowest BCUT2D eigenvalue weighted by atomic mass is 10.1. The summed E-state index contributed by atoms with van der Waals surface area (Å²) < 4.78 is 56.7. The Hall–Kier alpha value is -4.06. The maximum Gasteiger partial charge on any atom is 0.481 e. The molecule has 1 saturated heterocycles. The Bertz CT molecular complexity index is 2040. The van der Waals surface area contributed by atoms with Gasteiger partial charge in [-0.3, -0.25) is 23.2 Å². The molecule has 72 heavy (non-hydrogen) atoms. The molecule has 6 N–H and O–H groups in total. The Morgan fingerprint density at radius 1 is 0.667 bits per heavy atom. The molecule has 1 aliphatic heterocycles. The normalized spacial score (nSPS) is 19.8. The molecule has 2 heterocycles. The van der Waals surface area contributed by atoms with Gasteiger partial charge in [0.25, 0.3) is 0 Å². The average Bonchev–Trinajstić information content (AvgIpc) is 3.62. The predicted octanol–water partition coefficient (Wildman–Crippen LogP) is 10.7. The van der Waals surface area contributed by atoms with Crippen LogP contribution in [0.5, 0.6) is 0 Å². The van der Waals surface area contributed by atoms with E-state index in [1.165, 1.54) is 44.6 Å². The Labute approximate surface area is 427 Å². The first-order chi connectivity index (χ1) is 34.7. The molecule has 0 radical (unpaired) electrons. The van der Waals surface area contributed by atoms with Crippen molar-refractivity contribution in [2.75, 3.05) is 25.6 Å². The molecule has 3 unspecified atom stereocenters. The van der Waals surface area contributed by atoms with E-state index in [9.17, 15) is 43.5 Å². The van der Waals surface area contributed by atoms with E-state index in [0.717, 1.165) is 81.4 Å². The number of ether oxygens (including phenoxy) is 3. The zero-order valence-electron chi connectivity index (χ0n) is 42.4. The summed E-state index contributed by atoms with van der Waals surface area (Å²) in [5.41, 5.74) is 4.58. The number of hydrogen-bond acceptors (Lipinski definition) is 15. The summed E-state index contributed by atoms with van der Waals surface area (Å²) in [4.78, 5) is 61.9. The van der Waals surface area contributed by atoms with Crippen molar-refractivity contribution in [2.45, 2.75) is 186 Å². The van der Waals surface area contributed by atoms with Crippen LogP contribution in [0.25, 0.3) is 0 Å². The first kappa shape index (κ1) is 64.1. The van der Waals surface area contributed by atoms with Gasteiger partial charge in [0.05, 0.1) is 13.2 Å². The molecule has 18 nitrogen and oxygen atoms in total. The molecule has 0 amide bonds. The maximum absolute atomic E-state index is 12.9. The van der Waals surface area contributed by atoms with Gasteiger partial charge < -0.3 is 39.9 Å². The highest BCUT2D eigenvalue weighted by Gasteiger charge is 2.46. The lowest BCUT2D eigenvalue weighted by molar-refractivity contribution is -0.161. The van der Waals surface area contributed by atoms with E-state index in [-0.39, 0.29) is 18.7 Å². The van der Waals surface area contributed by atoms with Crippen molar-refractivity contribution >= 4 is 33.4 Å². The number of anilines is 1. The van der Waals surface area contributed by atoms with Crippen molar-refractivity contribution in [3.63, 3.8) is 0 Å². The number of nitrogen functional groups attached to an aromatic ring is 1. The Kier molecular flexibility index (Phi) is 35.1. The number of esters is 2. The number of carbonyl (C=O) groups excluding carboxylic acids is 2. The minimum Gasteiger partial charge on any atom is -0.462 e. The van der Waals surface area contributed by atoms with Crippen LogP contribution in [0.4, 0.5) is 5.82 Å². The largest absolute Gasteiger partial charge is 0.481 e. The summed E-state index contributed by atoms with van der Waals surface area (Å²) in [5, 5.41) is 20.9. The molecule has 0 saturated carbocycles. The van der Waals surface area contributed by atoms with E-state index in [0.29, 0.717) is 19.3 Å². The molecule has 1 fully saturated rings. The van der Waals surface area contributed by atoms with Crippen molar-refractivity contribution in [1.29, 1.82) is 0 Å². The van der Waals surface area contributed by atoms with Crippen molar-refractivity contribution < 1.29 is 66.3 Å². The molecular weight excluding hydrogens is 969 g/mol. The lowest BCUT2D eigenvalue weighted by Gasteiger charge is -2.21. The predicted molar refractivity (Wildman–Crippen MR) is 279 cm³/mol. The van der Waals surface area contributed by atoms with Crippen molar-refractivity contribution in [3.05, 3.63) is 108 Å². The number of unbranched alkanes of at least 4 members (excludes halogenated alkanes) is 11. The molecule has 1 aliphatic rings. The van der Waals surface area contributed by atoms with E-state index in [4.69, 9.17) is 29.0 Å². The molecule has 1 aromatic rings. The first-order valence-electron chi connectivity index (χ1n) is 25.6. The second-order valence-corrected chi connectivity index (χ2v) is 20.4. The Morgan fingerprint density at radius 3 is 1.69 bits per heavy atom. The van der Waals surface area contributed by atoms with E-state index in [1.54, 1.807) is 0 Å². The van der Waals surface area contributed by atoms with Gasteiger partial charge in [-0.15, -0.1) is 0 Å². The van der Waals surface area contributed by atoms with Gasteiger partial charge in [0.2, 0.25) is 0 Å². The number of aliphatic hydroxyl groups is 2. The number of phosphoric ester groups is 2. The van der Waals surface area contributed by atoms with Crippen LogP contribution < -0.4 is 11.4 Å². The molecule has 1 aromatic heterocycles. The lowest BCUT2D eigenvalue weighted by Crippen LogP contribution is -2.36. The molecule has 0 spiro atoms. The van der Waals surface area contributed by atoms with Crippen LogP contribution in [0.2, 0.25) is 0 Å². The quantitative estimate of drug-likeness (QED) is 0.0177. The zero-order chi connectivity index (χ0) is 52.7. The highest BCUT2D eigenvalue weighted by molar-refractivity contribution is 7.61. The number of rotatable bonds is 41. The van der Waals surface area contributed by atoms with Crippen LogP contribution in [0.1, 0.15) is 161 Å². The summed E-state index contributed by atoms with van der Waals surface area (Å²) >= 11 is 0. The second-order valence-electron chi connectivity index (χ2n) is 17.3. The number of nitrogens with zero attached hydrogens (tertiary/aromatic N) is 2. The maximum atomic E-state index is 12.9. The smallest absolute Gasteiger partial charge is 0.462 e. The number of allylic oxidation sites excluding steroid dienone is 14. The van der Waals surface area contributed by atoms with E-state index in [2.05, 4.69) is 90.0 Å². The van der Waals surface area contributed by atoms with Crippen LogP contribution in [-0.4, -0.2) is 85.7 Å². The summed E-state index contributed by atoms with van der Waals surface area (Å²) in [6.07, 6.45) is 42.5. The van der Waals surface area contributed by atoms with Gasteiger partial charge in [0.15, 0.2) is 12.3 Å². The van der Waals surface area contributed by atoms with Crippen molar-refractivity contribution in [2.24, 2.45) is 0 Å². The van der Waals surface area contributed by atoms with Gasteiger partial charge in [0, 0.05) is 19.0 Å². The fourth-order valence-corrected chi connectivity index (χ4v) is 9.08. The zero-order valence-corrected chi connectivity index (χ0v) is 44.2. The second kappa shape index (κ2) is 39.4. The molecule has 7 atom stereocenters. The van der Waals surface area contributed by atoms with E-state index < -0.39 is 83.7 Å². The van der Waals surface area contributed by atoms with Gasteiger partial charge in [-0.25, -0.2) is 13.9 Å². The minimum atomic E-state index is -5.44. The van der Waals surface area contributed by atoms with Crippen LogP contribution >= 0.6 is 15.6 Å². The average molecular weight is 1050 g/mol. The Balaban J connectivity index is 1.84. The fourth-order valence-electron chi connectivity index (χ4n) is 6.97. The highest BCUT2D eigenvalue weighted by Crippen LogP contribution is 2.60. The molecule has 0 bridgehead atoms. The third-order valence-electron chi connectivity index (χ3n) is 11.0. The third kappa shape index (κ3) is 31.5. The standard InChI is InChI=1S/C52H83N3O15P2/c1-3-5-7-9-11-13-15-17-19-20-21-22-24-25-27-29-31-33-35-37-47(56)65-41-44(68-48(57)38-36-34-32-30-28-26-23-18-16-14-12-10-8-6-4-2)42-66-71(61,62)70-72(63,64)67-43-45-49(58)50(59)51(69-45)55-40-39-46(53)54-52(55)60/h11-14,17-19,21-23,25,27,31,33,39-40,44-45,49-51,58-59H,3-10,15-16,20,24,26,28-30,32,34-38,41-43H2,1-2H3,(H,61,62)(H,63,64)(H2,53,54,60)/b13-11-,14-12-,19-17-,22-21-,23-18-,27-25-,33-31-/t44-,45-,49+,50?,51-/m1/s1. The van der Waals surface area contributed by atoms with E-state index in [1.807, 2.05) is 18.2 Å². The van der Waals surface area contributed by atoms with Crippen molar-refractivity contribution in [1.82, 2.24) is 9.55 Å². The molecule has 406 valence electrons. The Morgan fingerprint density at radius 2 is 1.15 bits per heavy atom. The first-order valence-corrected chi connectivity index (χ1v) is 28.6. The molecule has 0 aliphatic carbocycles. The monoisotopic (exact) mass is 1050 g/mol. The van der Waals surface area contributed by atoms with Crippen molar-refractivity contribution in [3.8, 4) is 0 Å². The summed E-state index contributed by atoms with van der Waals surface area (Å²) in [6.45, 7) is 2.01. The number of aromatic nitrogens is 2. The molecule has 0 aromatic carbocycles. The SMILES string of the molecule is CCCCC/C=C\C/C=C\C/C=C\C/C=C\C/C=C\CCC(=O)OC[C@H](COP(=O)(O)OP(=O)(O)OC[C@H]1O[C@@H](n2ccc(N)nc2=O)C(O)[C@H]1O)OC(=O)CCCCCCC/C=C\C/C=C\CCCCC. The van der Waals surface area contributed by atoms with Gasteiger partial charge in [-0.05, 0) is 89.5 Å². The minimum absolute atomic E-state index is 0.00394. The fraction of sp³-hybridized carbons (Fsp3) is 0.615. The molecule has 20 heteroatoms. The number of hydrogen-bond donors (Lipinski definition) is 5. The molecular formula is C52H83N3O15P2. The van der Waals surface area contributed by atoms with Crippen LogP contribution in [0, 0.1) is 0 Å². The van der Waals surface area contributed by atoms with Gasteiger partial charge in [-0.1, -0.05) is 144 Å². The topological polar surface area (TPSA) is 265 Å².